The standard InChI is InChI=1S/C10H9NO3/c1-3-7-4-5-8(10(13)14)11-9(7)6(2)12/h3-5,12H,1-2H2,(H,13,14). The van der Waals surface area contributed by atoms with Gasteiger partial charge in [-0.2, -0.15) is 0 Å². The van der Waals surface area contributed by atoms with E-state index in [1.54, 1.807) is 0 Å². The molecule has 0 aliphatic rings. The lowest BCUT2D eigenvalue weighted by molar-refractivity contribution is 0.0690. The third-order valence-electron chi connectivity index (χ3n) is 1.64. The first kappa shape index (κ1) is 9.98. The summed E-state index contributed by atoms with van der Waals surface area (Å²) in [5.41, 5.74) is 0.545. The molecule has 0 fully saturated rings. The molecule has 0 aliphatic carbocycles. The Kier molecular flexibility index (Phi) is 2.67. The van der Waals surface area contributed by atoms with Crippen LogP contribution in [0.25, 0.3) is 11.8 Å². The Morgan fingerprint density at radius 2 is 2.07 bits per heavy atom. The van der Waals surface area contributed by atoms with Crippen molar-refractivity contribution >= 4 is 17.8 Å². The van der Waals surface area contributed by atoms with Crippen LogP contribution in [0.2, 0.25) is 0 Å². The summed E-state index contributed by atoms with van der Waals surface area (Å²) in [6.45, 7) is 6.80. The summed E-state index contributed by atoms with van der Waals surface area (Å²) in [6.07, 6.45) is 1.47. The predicted octanol–water partition coefficient (Wildman–Crippen LogP) is 1.95. The zero-order valence-electron chi connectivity index (χ0n) is 7.40. The predicted molar refractivity (Wildman–Crippen MR) is 53.0 cm³/mol. The lowest BCUT2D eigenvalue weighted by Gasteiger charge is -2.03. The maximum Gasteiger partial charge on any atom is 0.354 e. The molecular formula is C10H9NO3. The van der Waals surface area contributed by atoms with E-state index in [-0.39, 0.29) is 17.1 Å². The average molecular weight is 191 g/mol. The van der Waals surface area contributed by atoms with Crippen LogP contribution >= 0.6 is 0 Å². The fourth-order valence-electron chi connectivity index (χ4n) is 0.985. The van der Waals surface area contributed by atoms with E-state index < -0.39 is 5.97 Å². The molecule has 14 heavy (non-hydrogen) atoms. The van der Waals surface area contributed by atoms with E-state index in [1.807, 2.05) is 0 Å². The molecule has 0 spiro atoms. The monoisotopic (exact) mass is 191 g/mol. The Balaban J connectivity index is 3.34. The van der Waals surface area contributed by atoms with Crippen molar-refractivity contribution in [3.05, 3.63) is 42.2 Å². The molecule has 0 saturated heterocycles. The van der Waals surface area contributed by atoms with E-state index in [1.165, 1.54) is 18.2 Å². The molecule has 0 aromatic carbocycles. The van der Waals surface area contributed by atoms with Crippen LogP contribution in [0.1, 0.15) is 21.7 Å². The second-order valence-corrected chi connectivity index (χ2v) is 2.59. The number of aromatic nitrogens is 1. The number of hydrogen-bond acceptors (Lipinski definition) is 3. The first-order valence-corrected chi connectivity index (χ1v) is 3.81. The number of rotatable bonds is 3. The van der Waals surface area contributed by atoms with Crippen LogP contribution in [0.15, 0.2) is 25.3 Å². The second kappa shape index (κ2) is 3.74. The molecule has 4 heteroatoms. The van der Waals surface area contributed by atoms with Gasteiger partial charge in [-0.15, -0.1) is 0 Å². The minimum Gasteiger partial charge on any atom is -0.506 e. The van der Waals surface area contributed by atoms with Gasteiger partial charge in [0.1, 0.15) is 17.1 Å². The van der Waals surface area contributed by atoms with Gasteiger partial charge in [-0.3, -0.25) is 0 Å². The van der Waals surface area contributed by atoms with Crippen molar-refractivity contribution in [1.82, 2.24) is 4.98 Å². The number of aliphatic hydroxyl groups is 1. The number of carbonyl (C=O) groups is 1. The van der Waals surface area contributed by atoms with E-state index in [0.717, 1.165) is 0 Å². The third kappa shape index (κ3) is 1.80. The summed E-state index contributed by atoms with van der Waals surface area (Å²) in [6, 6.07) is 2.85. The summed E-state index contributed by atoms with van der Waals surface area (Å²) in [4.78, 5) is 14.3. The molecule has 1 rings (SSSR count). The van der Waals surface area contributed by atoms with Gasteiger partial charge in [0.15, 0.2) is 0 Å². The quantitative estimate of drug-likeness (QED) is 0.716. The van der Waals surface area contributed by atoms with Crippen LogP contribution in [0, 0.1) is 0 Å². The van der Waals surface area contributed by atoms with E-state index in [2.05, 4.69) is 18.1 Å². The zero-order valence-corrected chi connectivity index (χ0v) is 7.40. The molecule has 0 aliphatic heterocycles. The molecule has 0 saturated carbocycles. The van der Waals surface area contributed by atoms with Gasteiger partial charge in [0.25, 0.3) is 0 Å². The summed E-state index contributed by atoms with van der Waals surface area (Å²) in [5.74, 6) is -1.42. The van der Waals surface area contributed by atoms with Crippen molar-refractivity contribution < 1.29 is 15.0 Å². The minimum atomic E-state index is -1.15. The molecule has 1 heterocycles. The molecule has 0 atom stereocenters. The van der Waals surface area contributed by atoms with E-state index in [9.17, 15) is 4.79 Å². The first-order valence-electron chi connectivity index (χ1n) is 3.81. The Morgan fingerprint density at radius 1 is 1.43 bits per heavy atom. The number of nitrogens with zero attached hydrogens (tertiary/aromatic N) is 1. The van der Waals surface area contributed by atoms with Gasteiger partial charge in [0.05, 0.1) is 0 Å². The first-order chi connectivity index (χ1) is 6.56. The lowest BCUT2D eigenvalue weighted by Crippen LogP contribution is -2.03. The molecule has 1 aromatic rings. The third-order valence-corrected chi connectivity index (χ3v) is 1.64. The highest BCUT2D eigenvalue weighted by molar-refractivity contribution is 5.86. The molecular weight excluding hydrogens is 182 g/mol. The Morgan fingerprint density at radius 3 is 2.50 bits per heavy atom. The van der Waals surface area contributed by atoms with Crippen molar-refractivity contribution in [1.29, 1.82) is 0 Å². The fourth-order valence-corrected chi connectivity index (χ4v) is 0.985. The smallest absolute Gasteiger partial charge is 0.354 e. The van der Waals surface area contributed by atoms with E-state index >= 15 is 0 Å². The maximum atomic E-state index is 10.6. The van der Waals surface area contributed by atoms with Gasteiger partial charge in [0, 0.05) is 5.56 Å². The van der Waals surface area contributed by atoms with Crippen LogP contribution in [-0.2, 0) is 0 Å². The van der Waals surface area contributed by atoms with Gasteiger partial charge in [-0.25, -0.2) is 9.78 Å². The summed E-state index contributed by atoms with van der Waals surface area (Å²) in [7, 11) is 0. The molecule has 0 radical (unpaired) electrons. The molecule has 72 valence electrons. The van der Waals surface area contributed by atoms with Gasteiger partial charge < -0.3 is 10.2 Å². The highest BCUT2D eigenvalue weighted by Gasteiger charge is 2.10. The Bertz CT molecular complexity index is 410. The van der Waals surface area contributed by atoms with Crippen molar-refractivity contribution in [2.45, 2.75) is 0 Å². The maximum absolute atomic E-state index is 10.6. The topological polar surface area (TPSA) is 70.4 Å². The number of pyridine rings is 1. The van der Waals surface area contributed by atoms with Gasteiger partial charge in [-0.1, -0.05) is 25.3 Å². The summed E-state index contributed by atoms with van der Waals surface area (Å²) in [5, 5.41) is 17.8. The number of aromatic carboxylic acids is 1. The molecule has 0 unspecified atom stereocenters. The molecule has 0 amide bonds. The molecule has 1 aromatic heterocycles. The SMILES string of the molecule is C=Cc1ccc(C(=O)O)nc1C(=C)O. The molecule has 2 N–H and O–H groups in total. The Hall–Kier alpha value is -2.10. The normalized spacial score (nSPS) is 9.43. The number of carboxylic acid groups (broad SMARTS) is 1. The van der Waals surface area contributed by atoms with Gasteiger partial charge in [0.2, 0.25) is 0 Å². The van der Waals surface area contributed by atoms with Crippen molar-refractivity contribution in [3.8, 4) is 0 Å². The average Bonchev–Trinajstić information content (AvgIpc) is 2.16. The highest BCUT2D eigenvalue weighted by atomic mass is 16.4. The molecule has 0 bridgehead atoms. The van der Waals surface area contributed by atoms with Crippen molar-refractivity contribution in [3.63, 3.8) is 0 Å². The van der Waals surface area contributed by atoms with Crippen LogP contribution in [0.3, 0.4) is 0 Å². The van der Waals surface area contributed by atoms with E-state index in [4.69, 9.17) is 10.2 Å². The summed E-state index contributed by atoms with van der Waals surface area (Å²) < 4.78 is 0. The van der Waals surface area contributed by atoms with Gasteiger partial charge >= 0.3 is 5.97 Å². The van der Waals surface area contributed by atoms with Crippen LogP contribution in [0.5, 0.6) is 0 Å². The highest BCUT2D eigenvalue weighted by Crippen LogP contribution is 2.15. The number of carboxylic acids is 1. The fraction of sp³-hybridized carbons (Fsp3) is 0. The van der Waals surface area contributed by atoms with Crippen LogP contribution in [0.4, 0.5) is 0 Å². The lowest BCUT2D eigenvalue weighted by atomic mass is 10.1. The number of hydrogen-bond donors (Lipinski definition) is 2. The number of aliphatic hydroxyl groups excluding tert-OH is 1. The Labute approximate surface area is 80.8 Å². The second-order valence-electron chi connectivity index (χ2n) is 2.59. The van der Waals surface area contributed by atoms with Crippen LogP contribution in [-0.4, -0.2) is 21.2 Å². The summed E-state index contributed by atoms with van der Waals surface area (Å²) >= 11 is 0. The van der Waals surface area contributed by atoms with Crippen molar-refractivity contribution in [2.24, 2.45) is 0 Å². The van der Waals surface area contributed by atoms with Gasteiger partial charge in [-0.05, 0) is 6.07 Å². The molecule has 4 nitrogen and oxygen atoms in total. The van der Waals surface area contributed by atoms with Crippen molar-refractivity contribution in [2.75, 3.05) is 0 Å². The van der Waals surface area contributed by atoms with E-state index in [0.29, 0.717) is 5.56 Å². The van der Waals surface area contributed by atoms with Crippen LogP contribution < -0.4 is 0 Å². The largest absolute Gasteiger partial charge is 0.506 e. The minimum absolute atomic E-state index is 0.138. The zero-order chi connectivity index (χ0) is 10.7.